The van der Waals surface area contributed by atoms with E-state index in [1.165, 1.54) is 0 Å². The van der Waals surface area contributed by atoms with Crippen LogP contribution in [0, 0.1) is 0 Å². The zero-order valence-corrected chi connectivity index (χ0v) is 5.51. The van der Waals surface area contributed by atoms with E-state index in [0.717, 1.165) is 0 Å². The van der Waals surface area contributed by atoms with Crippen LogP contribution in [0.4, 0.5) is 22.3 Å². The molecule has 0 rings (SSSR count). The summed E-state index contributed by atoms with van der Waals surface area (Å²) in [6.07, 6.45) is -2.79. The Balaban J connectivity index is -0.0000000326. The normalized spacial score (nSPS) is 4.80. The van der Waals surface area contributed by atoms with Gasteiger partial charge in [-0.15, -0.1) is 12.4 Å². The Bertz CT molecular complexity index is 77.7. The molecule has 10 heavy (non-hydrogen) atoms. The maximum Gasteiger partial charge on any atom is 0.298 e. The third-order valence-corrected chi connectivity index (χ3v) is 0.0825. The van der Waals surface area contributed by atoms with Crippen LogP contribution in [-0.2, 0) is 0 Å². The van der Waals surface area contributed by atoms with Crippen molar-refractivity contribution in [3.63, 3.8) is 0 Å². The van der Waals surface area contributed by atoms with Crippen LogP contribution in [0.15, 0.2) is 25.3 Å². The van der Waals surface area contributed by atoms with E-state index in [2.05, 4.69) is 6.58 Å². The lowest BCUT2D eigenvalue weighted by Crippen LogP contribution is -1.42. The van der Waals surface area contributed by atoms with Crippen molar-refractivity contribution in [3.8, 4) is 0 Å². The lowest BCUT2D eigenvalue weighted by molar-refractivity contribution is 0.400. The molecule has 0 bridgehead atoms. The van der Waals surface area contributed by atoms with Gasteiger partial charge < -0.3 is 0 Å². The molecule has 0 atom stereocenters. The molecule has 0 aliphatic carbocycles. The summed E-state index contributed by atoms with van der Waals surface area (Å²) in [5.41, 5.74) is 0. The van der Waals surface area contributed by atoms with Crippen molar-refractivity contribution in [2.45, 2.75) is 0 Å². The van der Waals surface area contributed by atoms with E-state index in [-0.39, 0.29) is 23.4 Å². The quantitative estimate of drug-likeness (QED) is 0.507. The Morgan fingerprint density at radius 1 is 1.20 bits per heavy atom. The lowest BCUT2D eigenvalue weighted by Gasteiger charge is -1.59. The molecule has 0 amide bonds. The predicted octanol–water partition coefficient (Wildman–Crippen LogP) is 3.37. The molecule has 0 heterocycles. The molecule has 6 heteroatoms. The summed E-state index contributed by atoms with van der Waals surface area (Å²) in [6.45, 7) is 2.69. The molecule has 0 radical (unpaired) electrons. The van der Waals surface area contributed by atoms with Gasteiger partial charge in [0.1, 0.15) is 0 Å². The number of hydrogen-bond donors (Lipinski definition) is 0. The van der Waals surface area contributed by atoms with E-state index in [1.54, 1.807) is 0 Å². The highest BCUT2D eigenvalue weighted by Gasteiger charge is 1.78. The summed E-state index contributed by atoms with van der Waals surface area (Å²) in [5.74, 6) is 0. The molecule has 0 spiro atoms. The molecule has 0 aromatic carbocycles. The monoisotopic (exact) mass is 184 g/mol. The summed E-state index contributed by atoms with van der Waals surface area (Å²) >= 11 is 0. The van der Waals surface area contributed by atoms with Crippen molar-refractivity contribution in [2.75, 3.05) is 0 Å². The summed E-state index contributed by atoms with van der Waals surface area (Å²) in [5, 5.41) is 0. The predicted molar refractivity (Wildman–Crippen MR) is 32.5 cm³/mol. The first-order chi connectivity index (χ1) is 3.68. The zero-order chi connectivity index (χ0) is 6.99. The Morgan fingerprint density at radius 3 is 1.30 bits per heavy atom. The first kappa shape index (κ1) is 22.7. The highest BCUT2D eigenvalue weighted by atomic mass is 35.5. The summed E-state index contributed by atoms with van der Waals surface area (Å²) in [6, 6.07) is 0. The maximum atomic E-state index is 10.2. The second-order valence-corrected chi connectivity index (χ2v) is 0.553. The minimum atomic E-state index is -2.29. The number of rotatable bonds is 0. The molecule has 0 aliphatic rings. The van der Waals surface area contributed by atoms with Gasteiger partial charge in [-0.2, -0.15) is 8.78 Å². The van der Waals surface area contributed by atoms with E-state index >= 15 is 0 Å². The lowest BCUT2D eigenvalue weighted by atomic mass is 11.1. The third kappa shape index (κ3) is 152. The molecule has 64 valence electrons. The Labute approximate surface area is 61.0 Å². The zero-order valence-electron chi connectivity index (χ0n) is 4.69. The van der Waals surface area contributed by atoms with Gasteiger partial charge in [0, 0.05) is 0 Å². The van der Waals surface area contributed by atoms with Gasteiger partial charge in [-0.1, -0.05) is 6.58 Å². The Hall–Kier alpha value is -0.580. The van der Waals surface area contributed by atoms with Gasteiger partial charge in [0.15, 0.2) is 6.33 Å². The molecule has 0 unspecified atom stereocenters. The van der Waals surface area contributed by atoms with Crippen molar-refractivity contribution >= 4 is 12.4 Å². The second kappa shape index (κ2) is 23.7. The highest BCUT2D eigenvalue weighted by Crippen LogP contribution is 1.93. The van der Waals surface area contributed by atoms with Crippen molar-refractivity contribution in [2.24, 2.45) is 0 Å². The number of halogens is 6. The minimum absolute atomic E-state index is 0. The summed E-state index contributed by atoms with van der Waals surface area (Å²) < 4.78 is 40.8. The van der Waals surface area contributed by atoms with E-state index in [0.29, 0.717) is 0 Å². The Kier molecular flexibility index (Phi) is 53.9. The largest absolute Gasteiger partial charge is 0.298 e. The highest BCUT2D eigenvalue weighted by molar-refractivity contribution is 5.85. The van der Waals surface area contributed by atoms with Crippen molar-refractivity contribution in [3.05, 3.63) is 25.3 Å². The average Bonchev–Trinajstić information content (AvgIpc) is 1.69. The standard InChI is InChI=1S/C2HF3.C2H3F.ClH.FH/c3-1-2(4)5;1-2-3;;/h1H;2H,1H2;2*1H. The Morgan fingerprint density at radius 2 is 1.30 bits per heavy atom. The van der Waals surface area contributed by atoms with Gasteiger partial charge in [0.25, 0.3) is 6.08 Å². The van der Waals surface area contributed by atoms with Crippen LogP contribution < -0.4 is 0 Å². The summed E-state index contributed by atoms with van der Waals surface area (Å²) in [7, 11) is 0. The van der Waals surface area contributed by atoms with Crippen LogP contribution in [0.2, 0.25) is 0 Å². The fourth-order valence-electron chi connectivity index (χ4n) is 0. The molecular formula is C4H6ClF5. The molecular weight excluding hydrogens is 178 g/mol. The van der Waals surface area contributed by atoms with Crippen molar-refractivity contribution in [1.82, 2.24) is 0 Å². The second-order valence-electron chi connectivity index (χ2n) is 0.553. The van der Waals surface area contributed by atoms with Crippen molar-refractivity contribution in [1.29, 1.82) is 0 Å². The van der Waals surface area contributed by atoms with Crippen LogP contribution in [0.5, 0.6) is 0 Å². The third-order valence-electron chi connectivity index (χ3n) is 0.0825. The van der Waals surface area contributed by atoms with Crippen LogP contribution in [-0.4, -0.2) is 0 Å². The maximum absolute atomic E-state index is 10.2. The molecule has 0 nitrogen and oxygen atoms in total. The van der Waals surface area contributed by atoms with E-state index in [1.807, 2.05) is 0 Å². The van der Waals surface area contributed by atoms with E-state index in [9.17, 15) is 17.6 Å². The van der Waals surface area contributed by atoms with Crippen LogP contribution in [0.3, 0.4) is 0 Å². The molecule has 0 saturated carbocycles. The summed E-state index contributed by atoms with van der Waals surface area (Å²) in [4.78, 5) is 0. The van der Waals surface area contributed by atoms with Gasteiger partial charge >= 0.3 is 0 Å². The van der Waals surface area contributed by atoms with Gasteiger partial charge in [-0.25, -0.2) is 8.78 Å². The van der Waals surface area contributed by atoms with Gasteiger partial charge in [0.2, 0.25) is 0 Å². The molecule has 0 N–H and O–H groups in total. The van der Waals surface area contributed by atoms with Crippen LogP contribution in [0.1, 0.15) is 0 Å². The van der Waals surface area contributed by atoms with Crippen LogP contribution in [0.25, 0.3) is 0 Å². The van der Waals surface area contributed by atoms with Gasteiger partial charge in [0.05, 0.1) is 6.33 Å². The molecule has 0 saturated heterocycles. The van der Waals surface area contributed by atoms with Gasteiger partial charge in [-0.3, -0.25) is 4.70 Å². The topological polar surface area (TPSA) is 0 Å². The molecule has 0 aliphatic heterocycles. The molecule has 0 aromatic rings. The molecule has 0 fully saturated rings. The smallest absolute Gasteiger partial charge is 0.269 e. The van der Waals surface area contributed by atoms with Crippen LogP contribution >= 0.6 is 12.4 Å². The van der Waals surface area contributed by atoms with Crippen molar-refractivity contribution < 1.29 is 22.3 Å². The first-order valence-electron chi connectivity index (χ1n) is 1.51. The minimum Gasteiger partial charge on any atom is -0.269 e. The number of hydrogen-bond acceptors (Lipinski definition) is 0. The van der Waals surface area contributed by atoms with E-state index < -0.39 is 12.4 Å². The van der Waals surface area contributed by atoms with Gasteiger partial charge in [-0.05, 0) is 0 Å². The SMILES string of the molecule is C=CF.Cl.F.FC=C(F)F. The first-order valence-corrected chi connectivity index (χ1v) is 1.51. The van der Waals surface area contributed by atoms with E-state index in [4.69, 9.17) is 0 Å². The average molecular weight is 185 g/mol. The fourth-order valence-corrected chi connectivity index (χ4v) is 0. The fraction of sp³-hybridized carbons (Fsp3) is 0. The molecule has 0 aromatic heterocycles.